The first-order chi connectivity index (χ1) is 8.95. The van der Waals surface area contributed by atoms with Crippen molar-refractivity contribution >= 4 is 17.7 Å². The van der Waals surface area contributed by atoms with Gasteiger partial charge in [0.05, 0.1) is 5.92 Å². The van der Waals surface area contributed by atoms with Crippen molar-refractivity contribution in [2.75, 3.05) is 11.9 Å². The van der Waals surface area contributed by atoms with Crippen LogP contribution in [0.15, 0.2) is 18.2 Å². The second-order valence-electron chi connectivity index (χ2n) is 4.54. The van der Waals surface area contributed by atoms with Gasteiger partial charge in [0.1, 0.15) is 0 Å². The Bertz CT molecular complexity index is 472. The van der Waals surface area contributed by atoms with Crippen molar-refractivity contribution < 1.29 is 14.7 Å². The molecule has 0 saturated carbocycles. The summed E-state index contributed by atoms with van der Waals surface area (Å²) in [6.07, 6.45) is 0.822. The number of nitrogens with one attached hydrogen (secondary N) is 2. The van der Waals surface area contributed by atoms with Gasteiger partial charge in [-0.3, -0.25) is 4.79 Å². The van der Waals surface area contributed by atoms with Crippen molar-refractivity contribution in [3.05, 3.63) is 29.3 Å². The number of carbonyl (C=O) groups excluding carboxylic acids is 1. The second-order valence-corrected chi connectivity index (χ2v) is 4.54. The lowest BCUT2D eigenvalue weighted by Crippen LogP contribution is -2.35. The van der Waals surface area contributed by atoms with E-state index in [1.165, 1.54) is 0 Å². The molecule has 0 aliphatic carbocycles. The maximum Gasteiger partial charge on any atom is 0.319 e. The van der Waals surface area contributed by atoms with Crippen LogP contribution in [0.5, 0.6) is 0 Å². The predicted octanol–water partition coefficient (Wildman–Crippen LogP) is 2.40. The molecule has 0 radical (unpaired) electrons. The Morgan fingerprint density at radius 2 is 2.05 bits per heavy atom. The van der Waals surface area contributed by atoms with E-state index in [0.29, 0.717) is 0 Å². The quantitative estimate of drug-likeness (QED) is 0.764. The highest BCUT2D eigenvalue weighted by Crippen LogP contribution is 2.20. The molecule has 0 fully saturated rings. The van der Waals surface area contributed by atoms with Crippen LogP contribution in [0, 0.1) is 12.8 Å². The van der Waals surface area contributed by atoms with Gasteiger partial charge < -0.3 is 15.7 Å². The van der Waals surface area contributed by atoms with Gasteiger partial charge in [-0.2, -0.15) is 0 Å². The molecule has 0 aliphatic heterocycles. The highest BCUT2D eigenvalue weighted by atomic mass is 16.4. The number of carboxylic acid groups (broad SMARTS) is 1. The molecule has 0 saturated heterocycles. The molecule has 1 aromatic carbocycles. The molecule has 2 amide bonds. The summed E-state index contributed by atoms with van der Waals surface area (Å²) in [5.74, 6) is -1.53. The molecule has 0 aliphatic rings. The van der Waals surface area contributed by atoms with E-state index < -0.39 is 11.9 Å². The van der Waals surface area contributed by atoms with Crippen LogP contribution in [0.2, 0.25) is 0 Å². The smallest absolute Gasteiger partial charge is 0.319 e. The van der Waals surface area contributed by atoms with Crippen LogP contribution < -0.4 is 10.6 Å². The van der Waals surface area contributed by atoms with Gasteiger partial charge in [0.15, 0.2) is 0 Å². The Morgan fingerprint density at radius 3 is 2.63 bits per heavy atom. The number of anilines is 1. The van der Waals surface area contributed by atoms with Gasteiger partial charge in [-0.1, -0.05) is 32.0 Å². The zero-order chi connectivity index (χ0) is 14.4. The van der Waals surface area contributed by atoms with Gasteiger partial charge in [0.2, 0.25) is 0 Å². The van der Waals surface area contributed by atoms with Crippen molar-refractivity contribution in [2.45, 2.75) is 27.2 Å². The largest absolute Gasteiger partial charge is 0.481 e. The number of aryl methyl sites for hydroxylation is 2. The van der Waals surface area contributed by atoms with Crippen molar-refractivity contribution in [1.82, 2.24) is 5.32 Å². The number of carbonyl (C=O) groups is 2. The Balaban J connectivity index is 2.65. The minimum atomic E-state index is -0.926. The Morgan fingerprint density at radius 1 is 1.37 bits per heavy atom. The van der Waals surface area contributed by atoms with E-state index in [1.807, 2.05) is 32.0 Å². The van der Waals surface area contributed by atoms with Crippen LogP contribution in [-0.2, 0) is 11.2 Å². The zero-order valence-corrected chi connectivity index (χ0v) is 11.5. The third-order valence-corrected chi connectivity index (χ3v) is 2.97. The normalized spacial score (nSPS) is 11.7. The topological polar surface area (TPSA) is 78.4 Å². The SMILES string of the molecule is CCc1cccc(C)c1NC(=O)NCC(C)C(=O)O. The van der Waals surface area contributed by atoms with Crippen LogP contribution in [0.1, 0.15) is 25.0 Å². The number of carboxylic acids is 1. The van der Waals surface area contributed by atoms with E-state index in [0.717, 1.165) is 23.2 Å². The summed E-state index contributed by atoms with van der Waals surface area (Å²) in [5, 5.41) is 14.1. The second kappa shape index (κ2) is 6.78. The lowest BCUT2D eigenvalue weighted by molar-refractivity contribution is -0.140. The number of urea groups is 1. The summed E-state index contributed by atoms with van der Waals surface area (Å²) in [7, 11) is 0. The molecule has 104 valence electrons. The third-order valence-electron chi connectivity index (χ3n) is 2.97. The highest BCUT2D eigenvalue weighted by molar-refractivity contribution is 5.91. The molecule has 5 heteroatoms. The Labute approximate surface area is 113 Å². The Hall–Kier alpha value is -2.04. The van der Waals surface area contributed by atoms with Crippen LogP contribution >= 0.6 is 0 Å². The van der Waals surface area contributed by atoms with E-state index >= 15 is 0 Å². The van der Waals surface area contributed by atoms with E-state index in [-0.39, 0.29) is 12.6 Å². The molecule has 0 aromatic heterocycles. The lowest BCUT2D eigenvalue weighted by Gasteiger charge is -2.14. The molecule has 19 heavy (non-hydrogen) atoms. The minimum Gasteiger partial charge on any atom is -0.481 e. The van der Waals surface area contributed by atoms with Crippen LogP contribution in [0.25, 0.3) is 0 Å². The molecular formula is C14H20N2O3. The summed E-state index contributed by atoms with van der Waals surface area (Å²) in [6.45, 7) is 5.60. The number of hydrogen-bond donors (Lipinski definition) is 3. The lowest BCUT2D eigenvalue weighted by atomic mass is 10.1. The fraction of sp³-hybridized carbons (Fsp3) is 0.429. The average molecular weight is 264 g/mol. The molecule has 0 heterocycles. The summed E-state index contributed by atoms with van der Waals surface area (Å²) in [5.41, 5.74) is 2.84. The molecule has 1 aromatic rings. The summed E-state index contributed by atoms with van der Waals surface area (Å²) in [6, 6.07) is 5.46. The van der Waals surface area contributed by atoms with Crippen LogP contribution in [-0.4, -0.2) is 23.7 Å². The fourth-order valence-electron chi connectivity index (χ4n) is 1.69. The van der Waals surface area contributed by atoms with Gasteiger partial charge in [-0.15, -0.1) is 0 Å². The highest BCUT2D eigenvalue weighted by Gasteiger charge is 2.13. The van der Waals surface area contributed by atoms with E-state index in [2.05, 4.69) is 10.6 Å². The number of rotatable bonds is 5. The molecule has 3 N–H and O–H groups in total. The van der Waals surface area contributed by atoms with Gasteiger partial charge in [-0.05, 0) is 24.5 Å². The number of hydrogen-bond acceptors (Lipinski definition) is 2. The molecule has 1 atom stereocenters. The number of para-hydroxylation sites is 1. The number of aliphatic carboxylic acids is 1. The monoisotopic (exact) mass is 264 g/mol. The van der Waals surface area contributed by atoms with Gasteiger partial charge in [0, 0.05) is 12.2 Å². The van der Waals surface area contributed by atoms with Gasteiger partial charge in [0.25, 0.3) is 0 Å². The number of benzene rings is 1. The van der Waals surface area contributed by atoms with Crippen molar-refractivity contribution in [1.29, 1.82) is 0 Å². The maximum atomic E-state index is 11.7. The van der Waals surface area contributed by atoms with Crippen molar-refractivity contribution in [3.63, 3.8) is 0 Å². The van der Waals surface area contributed by atoms with Gasteiger partial charge in [-0.25, -0.2) is 4.79 Å². The predicted molar refractivity (Wildman–Crippen MR) is 74.4 cm³/mol. The molecule has 5 nitrogen and oxygen atoms in total. The summed E-state index contributed by atoms with van der Waals surface area (Å²) >= 11 is 0. The first-order valence-electron chi connectivity index (χ1n) is 6.31. The standard InChI is InChI=1S/C14H20N2O3/c1-4-11-7-5-6-9(2)12(11)16-14(19)15-8-10(3)13(17)18/h5-7,10H,4,8H2,1-3H3,(H,17,18)(H2,15,16,19). The molecule has 1 rings (SSSR count). The van der Waals surface area contributed by atoms with Crippen molar-refractivity contribution in [2.24, 2.45) is 5.92 Å². The third kappa shape index (κ3) is 4.28. The number of amides is 2. The molecule has 0 bridgehead atoms. The summed E-state index contributed by atoms with van der Waals surface area (Å²) < 4.78 is 0. The molecular weight excluding hydrogens is 244 g/mol. The van der Waals surface area contributed by atoms with Crippen LogP contribution in [0.4, 0.5) is 10.5 Å². The van der Waals surface area contributed by atoms with Gasteiger partial charge >= 0.3 is 12.0 Å². The fourth-order valence-corrected chi connectivity index (χ4v) is 1.69. The first-order valence-corrected chi connectivity index (χ1v) is 6.31. The molecule has 0 spiro atoms. The first kappa shape index (κ1) is 15.0. The van der Waals surface area contributed by atoms with Crippen LogP contribution in [0.3, 0.4) is 0 Å². The molecule has 1 unspecified atom stereocenters. The summed E-state index contributed by atoms with van der Waals surface area (Å²) in [4.78, 5) is 22.4. The average Bonchev–Trinajstić information content (AvgIpc) is 2.38. The van der Waals surface area contributed by atoms with E-state index in [1.54, 1.807) is 6.92 Å². The van der Waals surface area contributed by atoms with E-state index in [9.17, 15) is 9.59 Å². The maximum absolute atomic E-state index is 11.7. The zero-order valence-electron chi connectivity index (χ0n) is 11.5. The minimum absolute atomic E-state index is 0.106. The van der Waals surface area contributed by atoms with E-state index in [4.69, 9.17) is 5.11 Å². The van der Waals surface area contributed by atoms with Crippen molar-refractivity contribution in [3.8, 4) is 0 Å². The Kier molecular flexibility index (Phi) is 5.36.